The molecule has 0 aliphatic carbocycles. The Morgan fingerprint density at radius 3 is 2.30 bits per heavy atom. The second kappa shape index (κ2) is 9.72. The van der Waals surface area contributed by atoms with E-state index in [9.17, 15) is 4.79 Å². The number of methoxy groups -OCH3 is 1. The summed E-state index contributed by atoms with van der Waals surface area (Å²) in [5.74, 6) is 1.85. The first kappa shape index (κ1) is 20.4. The van der Waals surface area contributed by atoms with E-state index in [4.69, 9.17) is 4.74 Å². The summed E-state index contributed by atoms with van der Waals surface area (Å²) in [5, 5.41) is 0. The molecule has 0 aromatic heterocycles. The Labute approximate surface area is 182 Å². The van der Waals surface area contributed by atoms with E-state index in [0.29, 0.717) is 13.1 Å². The molecule has 0 atom stereocenters. The van der Waals surface area contributed by atoms with Gasteiger partial charge in [-0.05, 0) is 29.8 Å². The van der Waals surface area contributed by atoms with Crippen LogP contribution in [0.15, 0.2) is 83.8 Å². The molecule has 1 aliphatic heterocycles. The molecule has 30 heavy (non-hydrogen) atoms. The minimum absolute atomic E-state index is 0.117. The molecule has 4 nitrogen and oxygen atoms in total. The topological polar surface area (TPSA) is 32.8 Å². The van der Waals surface area contributed by atoms with Crippen LogP contribution < -0.4 is 9.64 Å². The van der Waals surface area contributed by atoms with Crippen LogP contribution in [0.4, 0.5) is 5.69 Å². The number of para-hydroxylation sites is 2. The molecule has 3 aromatic carbocycles. The molecule has 3 aromatic rings. The van der Waals surface area contributed by atoms with Gasteiger partial charge in [0.1, 0.15) is 5.75 Å². The predicted octanol–water partition coefficient (Wildman–Crippen LogP) is 4.95. The minimum atomic E-state index is 0.117. The van der Waals surface area contributed by atoms with E-state index in [1.54, 1.807) is 18.9 Å². The molecular formula is C25H26N2O2S. The lowest BCUT2D eigenvalue weighted by molar-refractivity contribution is 0.0743. The third-order valence-corrected chi connectivity index (χ3v) is 6.49. The standard InChI is InChI=1S/C25H26N2O2S/c1-29-23-13-7-6-12-22(23)26-15-17-27(18-16-26)25(28)21-11-5-8-14-24(21)30-19-20-9-3-2-4-10-20/h2-14H,15-19H2,1H3. The summed E-state index contributed by atoms with van der Waals surface area (Å²) < 4.78 is 5.50. The normalized spacial score (nSPS) is 13.9. The number of hydrogen-bond donors (Lipinski definition) is 0. The largest absolute Gasteiger partial charge is 0.495 e. The maximum absolute atomic E-state index is 13.3. The number of carbonyl (C=O) groups excluding carboxylic acids is 1. The number of anilines is 1. The van der Waals surface area contributed by atoms with Crippen LogP contribution in [0.2, 0.25) is 0 Å². The van der Waals surface area contributed by atoms with Gasteiger partial charge in [0.2, 0.25) is 0 Å². The molecule has 1 aliphatic rings. The average Bonchev–Trinajstić information content (AvgIpc) is 2.83. The van der Waals surface area contributed by atoms with E-state index in [2.05, 4.69) is 23.1 Å². The number of benzene rings is 3. The lowest BCUT2D eigenvalue weighted by atomic mass is 10.1. The molecule has 4 rings (SSSR count). The molecule has 154 valence electrons. The Kier molecular flexibility index (Phi) is 6.60. The summed E-state index contributed by atoms with van der Waals surface area (Å²) in [7, 11) is 1.70. The van der Waals surface area contributed by atoms with Gasteiger partial charge < -0.3 is 14.5 Å². The highest BCUT2D eigenvalue weighted by molar-refractivity contribution is 7.98. The van der Waals surface area contributed by atoms with Crippen molar-refractivity contribution in [2.24, 2.45) is 0 Å². The highest BCUT2D eigenvalue weighted by atomic mass is 32.2. The summed E-state index contributed by atoms with van der Waals surface area (Å²) in [6.07, 6.45) is 0. The highest BCUT2D eigenvalue weighted by Gasteiger charge is 2.25. The van der Waals surface area contributed by atoms with Crippen molar-refractivity contribution in [2.75, 3.05) is 38.2 Å². The third kappa shape index (κ3) is 4.62. The Morgan fingerprint density at radius 2 is 1.53 bits per heavy atom. The highest BCUT2D eigenvalue weighted by Crippen LogP contribution is 2.30. The van der Waals surface area contributed by atoms with Crippen molar-refractivity contribution in [3.63, 3.8) is 0 Å². The number of amides is 1. The van der Waals surface area contributed by atoms with Gasteiger partial charge in [-0.25, -0.2) is 0 Å². The third-order valence-electron chi connectivity index (χ3n) is 5.35. The molecule has 0 spiro atoms. The zero-order chi connectivity index (χ0) is 20.8. The van der Waals surface area contributed by atoms with Crippen LogP contribution in [0.5, 0.6) is 5.75 Å². The minimum Gasteiger partial charge on any atom is -0.495 e. The average molecular weight is 419 g/mol. The first-order chi connectivity index (χ1) is 14.8. The number of piperazine rings is 1. The van der Waals surface area contributed by atoms with Crippen LogP contribution in [0.25, 0.3) is 0 Å². The summed E-state index contributed by atoms with van der Waals surface area (Å²) in [5.41, 5.74) is 3.14. The maximum atomic E-state index is 13.3. The fourth-order valence-electron chi connectivity index (χ4n) is 3.72. The first-order valence-electron chi connectivity index (χ1n) is 10.2. The van der Waals surface area contributed by atoms with Gasteiger partial charge in [-0.15, -0.1) is 11.8 Å². The Bertz CT molecular complexity index is 985. The van der Waals surface area contributed by atoms with Crippen molar-refractivity contribution < 1.29 is 9.53 Å². The molecule has 1 heterocycles. The van der Waals surface area contributed by atoms with Gasteiger partial charge in [0.15, 0.2) is 0 Å². The maximum Gasteiger partial charge on any atom is 0.255 e. The van der Waals surface area contributed by atoms with Crippen LogP contribution in [0.3, 0.4) is 0 Å². The van der Waals surface area contributed by atoms with Crippen LogP contribution in [0.1, 0.15) is 15.9 Å². The lowest BCUT2D eigenvalue weighted by Gasteiger charge is -2.36. The molecule has 1 saturated heterocycles. The van der Waals surface area contributed by atoms with Gasteiger partial charge in [0.25, 0.3) is 5.91 Å². The van der Waals surface area contributed by atoms with E-state index in [1.807, 2.05) is 65.6 Å². The zero-order valence-electron chi connectivity index (χ0n) is 17.2. The first-order valence-corrected chi connectivity index (χ1v) is 11.2. The second-order valence-electron chi connectivity index (χ2n) is 7.22. The SMILES string of the molecule is COc1ccccc1N1CCN(C(=O)c2ccccc2SCc2ccccc2)CC1. The van der Waals surface area contributed by atoms with Crippen molar-refractivity contribution in [3.05, 3.63) is 90.0 Å². The van der Waals surface area contributed by atoms with E-state index >= 15 is 0 Å². The van der Waals surface area contributed by atoms with E-state index in [0.717, 1.165) is 40.7 Å². The molecule has 1 amide bonds. The van der Waals surface area contributed by atoms with Gasteiger partial charge in [-0.2, -0.15) is 0 Å². The molecule has 0 radical (unpaired) electrons. The van der Waals surface area contributed by atoms with Crippen LogP contribution in [-0.4, -0.2) is 44.1 Å². The number of thioether (sulfide) groups is 1. The van der Waals surface area contributed by atoms with Gasteiger partial charge in [-0.1, -0.05) is 54.6 Å². The number of hydrogen-bond acceptors (Lipinski definition) is 4. The monoisotopic (exact) mass is 418 g/mol. The number of ether oxygens (including phenoxy) is 1. The van der Waals surface area contributed by atoms with E-state index in [-0.39, 0.29) is 5.91 Å². The Hall–Kier alpha value is -2.92. The van der Waals surface area contributed by atoms with Crippen molar-refractivity contribution in [1.82, 2.24) is 4.90 Å². The predicted molar refractivity (Wildman–Crippen MR) is 124 cm³/mol. The molecule has 0 saturated carbocycles. The number of carbonyl (C=O) groups is 1. The van der Waals surface area contributed by atoms with Crippen LogP contribution in [-0.2, 0) is 5.75 Å². The van der Waals surface area contributed by atoms with Crippen molar-refractivity contribution in [3.8, 4) is 5.75 Å². The van der Waals surface area contributed by atoms with Gasteiger partial charge in [0.05, 0.1) is 18.4 Å². The Balaban J connectivity index is 1.42. The van der Waals surface area contributed by atoms with E-state index in [1.165, 1.54) is 5.56 Å². The quantitative estimate of drug-likeness (QED) is 0.530. The summed E-state index contributed by atoms with van der Waals surface area (Å²) in [6, 6.07) is 26.4. The van der Waals surface area contributed by atoms with Crippen LogP contribution >= 0.6 is 11.8 Å². The molecule has 0 N–H and O–H groups in total. The summed E-state index contributed by atoms with van der Waals surface area (Å²) in [6.45, 7) is 3.00. The molecule has 5 heteroatoms. The Morgan fingerprint density at radius 1 is 0.867 bits per heavy atom. The number of rotatable bonds is 6. The second-order valence-corrected chi connectivity index (χ2v) is 8.24. The fourth-order valence-corrected chi connectivity index (χ4v) is 4.72. The van der Waals surface area contributed by atoms with E-state index < -0.39 is 0 Å². The lowest BCUT2D eigenvalue weighted by Crippen LogP contribution is -2.49. The van der Waals surface area contributed by atoms with Gasteiger partial charge in [0, 0.05) is 36.8 Å². The van der Waals surface area contributed by atoms with Gasteiger partial charge >= 0.3 is 0 Å². The van der Waals surface area contributed by atoms with Gasteiger partial charge in [-0.3, -0.25) is 4.79 Å². The fraction of sp³-hybridized carbons (Fsp3) is 0.240. The summed E-state index contributed by atoms with van der Waals surface area (Å²) >= 11 is 1.72. The van der Waals surface area contributed by atoms with Crippen molar-refractivity contribution >= 4 is 23.4 Å². The van der Waals surface area contributed by atoms with Crippen LogP contribution in [0, 0.1) is 0 Å². The number of nitrogens with zero attached hydrogens (tertiary/aromatic N) is 2. The smallest absolute Gasteiger partial charge is 0.255 e. The molecule has 0 bridgehead atoms. The molecule has 0 unspecified atom stereocenters. The summed E-state index contributed by atoms with van der Waals surface area (Å²) in [4.78, 5) is 18.6. The van der Waals surface area contributed by atoms with Crippen molar-refractivity contribution in [2.45, 2.75) is 10.6 Å². The molecule has 1 fully saturated rings. The molecular weight excluding hydrogens is 392 g/mol. The van der Waals surface area contributed by atoms with Crippen molar-refractivity contribution in [1.29, 1.82) is 0 Å². The zero-order valence-corrected chi connectivity index (χ0v) is 18.0.